The lowest BCUT2D eigenvalue weighted by Gasteiger charge is -2.13. The summed E-state index contributed by atoms with van der Waals surface area (Å²) in [5.41, 5.74) is 8.62. The largest absolute Gasteiger partial charge is 0.491 e. The van der Waals surface area contributed by atoms with Crippen molar-refractivity contribution in [3.8, 4) is 5.75 Å². The second kappa shape index (κ2) is 6.80. The van der Waals surface area contributed by atoms with Crippen molar-refractivity contribution in [2.45, 2.75) is 26.4 Å². The maximum Gasteiger partial charge on any atom is 0.123 e. The third-order valence-electron chi connectivity index (χ3n) is 2.74. The lowest BCUT2D eigenvalue weighted by Crippen LogP contribution is -2.08. The van der Waals surface area contributed by atoms with E-state index in [0.29, 0.717) is 5.69 Å². The van der Waals surface area contributed by atoms with Gasteiger partial charge < -0.3 is 15.8 Å². The van der Waals surface area contributed by atoms with Crippen molar-refractivity contribution >= 4 is 11.4 Å². The zero-order valence-electron chi connectivity index (χ0n) is 12.0. The zero-order chi connectivity index (χ0) is 14.4. The van der Waals surface area contributed by atoms with Crippen molar-refractivity contribution in [2.24, 2.45) is 0 Å². The Bertz CT molecular complexity index is 541. The van der Waals surface area contributed by atoms with E-state index in [-0.39, 0.29) is 6.10 Å². The monoisotopic (exact) mass is 271 g/mol. The summed E-state index contributed by atoms with van der Waals surface area (Å²) in [6, 6.07) is 11.7. The molecule has 0 aliphatic carbocycles. The molecule has 1 aromatic carbocycles. The number of pyridine rings is 1. The molecule has 0 unspecified atom stereocenters. The molecule has 20 heavy (non-hydrogen) atoms. The highest BCUT2D eigenvalue weighted by molar-refractivity contribution is 5.59. The van der Waals surface area contributed by atoms with Gasteiger partial charge in [-0.3, -0.25) is 4.98 Å². The predicted molar refractivity (Wildman–Crippen MR) is 83.0 cm³/mol. The number of nitrogens with zero attached hydrogens (tertiary/aromatic N) is 1. The van der Waals surface area contributed by atoms with Crippen molar-refractivity contribution in [1.29, 1.82) is 0 Å². The molecule has 0 fully saturated rings. The van der Waals surface area contributed by atoms with Gasteiger partial charge >= 0.3 is 0 Å². The van der Waals surface area contributed by atoms with Gasteiger partial charge in [0.05, 0.1) is 6.10 Å². The van der Waals surface area contributed by atoms with Gasteiger partial charge in [0, 0.05) is 48.4 Å². The Kier molecular flexibility index (Phi) is 4.82. The van der Waals surface area contributed by atoms with Crippen LogP contribution in [0.15, 0.2) is 42.6 Å². The molecular weight excluding hydrogens is 250 g/mol. The van der Waals surface area contributed by atoms with Gasteiger partial charge in [0.1, 0.15) is 5.75 Å². The van der Waals surface area contributed by atoms with E-state index in [1.165, 1.54) is 0 Å². The second-order valence-corrected chi connectivity index (χ2v) is 4.96. The van der Waals surface area contributed by atoms with E-state index in [9.17, 15) is 0 Å². The minimum Gasteiger partial charge on any atom is -0.491 e. The molecule has 0 spiro atoms. The summed E-state index contributed by atoms with van der Waals surface area (Å²) in [5.74, 6) is 0.792. The van der Waals surface area contributed by atoms with Crippen LogP contribution in [0, 0.1) is 0 Å². The minimum absolute atomic E-state index is 0.137. The molecule has 0 aliphatic heterocycles. The SMILES string of the molecule is CC(C)Oc1cc(N)cc(NCCc2ccccn2)c1. The summed E-state index contributed by atoms with van der Waals surface area (Å²) in [4.78, 5) is 4.30. The first-order valence-corrected chi connectivity index (χ1v) is 6.84. The molecule has 106 valence electrons. The number of benzene rings is 1. The molecule has 0 atom stereocenters. The highest BCUT2D eigenvalue weighted by Gasteiger charge is 2.02. The molecular formula is C16H21N3O. The van der Waals surface area contributed by atoms with Gasteiger partial charge in [-0.05, 0) is 32.0 Å². The number of hydrogen-bond acceptors (Lipinski definition) is 4. The Morgan fingerprint density at radius 1 is 1.25 bits per heavy atom. The highest BCUT2D eigenvalue weighted by atomic mass is 16.5. The number of rotatable bonds is 6. The number of nitrogen functional groups attached to an aromatic ring is 1. The third kappa shape index (κ3) is 4.46. The number of nitrogens with one attached hydrogen (secondary N) is 1. The van der Waals surface area contributed by atoms with E-state index < -0.39 is 0 Å². The van der Waals surface area contributed by atoms with Crippen LogP contribution in [0.25, 0.3) is 0 Å². The number of aromatic nitrogens is 1. The maximum atomic E-state index is 5.89. The van der Waals surface area contributed by atoms with Gasteiger partial charge in [0.2, 0.25) is 0 Å². The predicted octanol–water partition coefficient (Wildman–Crippen LogP) is 3.11. The highest BCUT2D eigenvalue weighted by Crippen LogP contribution is 2.23. The quantitative estimate of drug-likeness (QED) is 0.793. The van der Waals surface area contributed by atoms with Crippen molar-refractivity contribution in [3.05, 3.63) is 48.3 Å². The van der Waals surface area contributed by atoms with Gasteiger partial charge in [-0.2, -0.15) is 0 Å². The van der Waals surface area contributed by atoms with Crippen LogP contribution in [0.2, 0.25) is 0 Å². The first-order chi connectivity index (χ1) is 9.63. The Balaban J connectivity index is 1.93. The van der Waals surface area contributed by atoms with Gasteiger partial charge in [0.15, 0.2) is 0 Å². The van der Waals surface area contributed by atoms with Gasteiger partial charge in [-0.15, -0.1) is 0 Å². The van der Waals surface area contributed by atoms with E-state index >= 15 is 0 Å². The summed E-state index contributed by atoms with van der Waals surface area (Å²) in [5, 5.41) is 3.35. The molecule has 0 saturated carbocycles. The van der Waals surface area contributed by atoms with Crippen molar-refractivity contribution in [3.63, 3.8) is 0 Å². The molecule has 0 saturated heterocycles. The van der Waals surface area contributed by atoms with Gasteiger partial charge in [-0.25, -0.2) is 0 Å². The lowest BCUT2D eigenvalue weighted by atomic mass is 10.2. The summed E-state index contributed by atoms with van der Waals surface area (Å²) in [6.45, 7) is 4.80. The topological polar surface area (TPSA) is 60.2 Å². The first-order valence-electron chi connectivity index (χ1n) is 6.84. The average molecular weight is 271 g/mol. The van der Waals surface area contributed by atoms with E-state index in [1.807, 2.05) is 56.4 Å². The van der Waals surface area contributed by atoms with Crippen molar-refractivity contribution in [2.75, 3.05) is 17.6 Å². The Labute approximate surface area is 120 Å². The Morgan fingerprint density at radius 3 is 2.80 bits per heavy atom. The van der Waals surface area contributed by atoms with Crippen LogP contribution < -0.4 is 15.8 Å². The summed E-state index contributed by atoms with van der Waals surface area (Å²) < 4.78 is 5.67. The van der Waals surface area contributed by atoms with Gasteiger partial charge in [0.25, 0.3) is 0 Å². The number of anilines is 2. The van der Waals surface area contributed by atoms with Crippen LogP contribution in [-0.2, 0) is 6.42 Å². The minimum atomic E-state index is 0.137. The van der Waals surface area contributed by atoms with Gasteiger partial charge in [-0.1, -0.05) is 6.07 Å². The average Bonchev–Trinajstić information content (AvgIpc) is 2.38. The first kappa shape index (κ1) is 14.2. The molecule has 1 aromatic heterocycles. The van der Waals surface area contributed by atoms with Crippen LogP contribution in [0.5, 0.6) is 5.75 Å². The normalized spacial score (nSPS) is 10.6. The molecule has 0 amide bonds. The summed E-state index contributed by atoms with van der Waals surface area (Å²) in [7, 11) is 0. The third-order valence-corrected chi connectivity index (χ3v) is 2.74. The van der Waals surface area contributed by atoms with Crippen LogP contribution in [0.4, 0.5) is 11.4 Å². The fourth-order valence-corrected chi connectivity index (χ4v) is 1.95. The fourth-order valence-electron chi connectivity index (χ4n) is 1.95. The van der Waals surface area contributed by atoms with E-state index in [4.69, 9.17) is 10.5 Å². The van der Waals surface area contributed by atoms with E-state index in [2.05, 4.69) is 10.3 Å². The number of nitrogens with two attached hydrogens (primary N) is 1. The summed E-state index contributed by atoms with van der Waals surface area (Å²) in [6.07, 6.45) is 2.82. The molecule has 4 heteroatoms. The molecule has 4 nitrogen and oxygen atoms in total. The summed E-state index contributed by atoms with van der Waals surface area (Å²) >= 11 is 0. The fraction of sp³-hybridized carbons (Fsp3) is 0.312. The van der Waals surface area contributed by atoms with Crippen LogP contribution >= 0.6 is 0 Å². The lowest BCUT2D eigenvalue weighted by molar-refractivity contribution is 0.242. The zero-order valence-corrected chi connectivity index (χ0v) is 12.0. The molecule has 3 N–H and O–H groups in total. The molecule has 2 aromatic rings. The Morgan fingerprint density at radius 2 is 2.10 bits per heavy atom. The van der Waals surface area contributed by atoms with E-state index in [0.717, 1.165) is 30.1 Å². The van der Waals surface area contributed by atoms with Crippen LogP contribution in [0.1, 0.15) is 19.5 Å². The maximum absolute atomic E-state index is 5.89. The Hall–Kier alpha value is -2.23. The molecule has 0 bridgehead atoms. The molecule has 0 radical (unpaired) electrons. The van der Waals surface area contributed by atoms with E-state index in [1.54, 1.807) is 0 Å². The van der Waals surface area contributed by atoms with Crippen LogP contribution in [-0.4, -0.2) is 17.6 Å². The number of hydrogen-bond donors (Lipinski definition) is 2. The van der Waals surface area contributed by atoms with Crippen molar-refractivity contribution in [1.82, 2.24) is 4.98 Å². The second-order valence-electron chi connectivity index (χ2n) is 4.96. The van der Waals surface area contributed by atoms with Crippen molar-refractivity contribution < 1.29 is 4.74 Å². The number of ether oxygens (including phenoxy) is 1. The molecule has 2 rings (SSSR count). The standard InChI is InChI=1S/C16H21N3O/c1-12(2)20-16-10-13(17)9-15(11-16)19-8-6-14-5-3-4-7-18-14/h3-5,7,9-12,19H,6,8,17H2,1-2H3. The molecule has 1 heterocycles. The molecule has 0 aliphatic rings. The smallest absolute Gasteiger partial charge is 0.123 e. The van der Waals surface area contributed by atoms with Crippen LogP contribution in [0.3, 0.4) is 0 Å².